The van der Waals surface area contributed by atoms with Crippen LogP contribution in [-0.2, 0) is 17.9 Å². The lowest BCUT2D eigenvalue weighted by molar-refractivity contribution is -0.137. The van der Waals surface area contributed by atoms with Crippen molar-refractivity contribution in [1.29, 1.82) is 0 Å². The van der Waals surface area contributed by atoms with Gasteiger partial charge >= 0.3 is 5.97 Å². The first-order valence-electron chi connectivity index (χ1n) is 8.49. The van der Waals surface area contributed by atoms with Crippen LogP contribution in [0.5, 0.6) is 0 Å². The van der Waals surface area contributed by atoms with Crippen molar-refractivity contribution in [3.05, 3.63) is 18.0 Å². The van der Waals surface area contributed by atoms with Gasteiger partial charge in [0.15, 0.2) is 0 Å². The van der Waals surface area contributed by atoms with Crippen LogP contribution in [0.4, 0.5) is 0 Å². The summed E-state index contributed by atoms with van der Waals surface area (Å²) in [6.45, 7) is 4.94. The summed E-state index contributed by atoms with van der Waals surface area (Å²) in [5.74, 6) is -0.811. The van der Waals surface area contributed by atoms with Crippen LogP contribution in [0.3, 0.4) is 0 Å². The second-order valence-corrected chi connectivity index (χ2v) is 6.68. The molecule has 0 saturated carbocycles. The molecule has 2 N–H and O–H groups in total. The Labute approximate surface area is 136 Å². The lowest BCUT2D eigenvalue weighted by atomic mass is 10.1. The second-order valence-electron chi connectivity index (χ2n) is 6.68. The van der Waals surface area contributed by atoms with Crippen molar-refractivity contribution in [2.75, 3.05) is 26.2 Å². The molecule has 0 radical (unpaired) electrons. The monoisotopic (exact) mass is 322 g/mol. The maximum Gasteiger partial charge on any atom is 0.305 e. The number of carboxylic acids is 1. The highest BCUT2D eigenvalue weighted by Gasteiger charge is 2.35. The molecule has 0 amide bonds. The molecule has 3 rings (SSSR count). The second kappa shape index (κ2) is 7.42. The Hall–Kier alpha value is -1.44. The number of aliphatic hydroxyl groups is 1. The molecular formula is C16H26N4O3. The Bertz CT molecular complexity index is 527. The molecule has 2 aliphatic heterocycles. The molecule has 128 valence electrons. The van der Waals surface area contributed by atoms with Gasteiger partial charge in [0.05, 0.1) is 25.3 Å². The average molecular weight is 322 g/mol. The summed E-state index contributed by atoms with van der Waals surface area (Å²) in [5, 5.41) is 23.3. The number of hydrogen-bond acceptors (Lipinski definition) is 5. The predicted octanol–water partition coefficient (Wildman–Crippen LogP) is 0.389. The van der Waals surface area contributed by atoms with E-state index in [4.69, 9.17) is 5.11 Å². The fraction of sp³-hybridized carbons (Fsp3) is 0.750. The van der Waals surface area contributed by atoms with Gasteiger partial charge in [-0.3, -0.25) is 19.3 Å². The van der Waals surface area contributed by atoms with Crippen LogP contribution in [0.15, 0.2) is 12.4 Å². The normalized spacial score (nSPS) is 26.7. The predicted molar refractivity (Wildman–Crippen MR) is 85.0 cm³/mol. The first-order valence-corrected chi connectivity index (χ1v) is 8.49. The molecule has 0 unspecified atom stereocenters. The maximum absolute atomic E-state index is 10.6. The van der Waals surface area contributed by atoms with Gasteiger partial charge in [0.2, 0.25) is 0 Å². The van der Waals surface area contributed by atoms with Crippen LogP contribution < -0.4 is 0 Å². The fourth-order valence-electron chi connectivity index (χ4n) is 3.66. The summed E-state index contributed by atoms with van der Waals surface area (Å²) >= 11 is 0. The largest absolute Gasteiger partial charge is 0.481 e. The van der Waals surface area contributed by atoms with Crippen LogP contribution in [-0.4, -0.2) is 74.1 Å². The third kappa shape index (κ3) is 4.31. The standard InChI is InChI=1S/C16H26N4O3/c21-15-12-18(11-14(15)19-5-2-1-3-6-19)9-13-8-17-20(10-13)7-4-16(22)23/h8,10,14-15,21H,1-7,9,11-12H2,(H,22,23)/t14-,15-/m0/s1. The summed E-state index contributed by atoms with van der Waals surface area (Å²) < 4.78 is 1.68. The van der Waals surface area contributed by atoms with Gasteiger partial charge in [-0.15, -0.1) is 0 Å². The lowest BCUT2D eigenvalue weighted by Gasteiger charge is -2.33. The summed E-state index contributed by atoms with van der Waals surface area (Å²) in [7, 11) is 0. The molecular weight excluding hydrogens is 296 g/mol. The molecule has 1 aromatic rings. The Morgan fingerprint density at radius 2 is 2.04 bits per heavy atom. The van der Waals surface area contributed by atoms with Crippen molar-refractivity contribution in [1.82, 2.24) is 19.6 Å². The zero-order valence-corrected chi connectivity index (χ0v) is 13.5. The Balaban J connectivity index is 1.51. The molecule has 3 heterocycles. The Morgan fingerprint density at radius 1 is 1.26 bits per heavy atom. The summed E-state index contributed by atoms with van der Waals surface area (Å²) in [5.41, 5.74) is 1.07. The van der Waals surface area contributed by atoms with Gasteiger partial charge in [-0.2, -0.15) is 5.10 Å². The number of piperidine rings is 1. The summed E-state index contributed by atoms with van der Waals surface area (Å²) in [4.78, 5) is 15.3. The number of likely N-dealkylation sites (tertiary alicyclic amines) is 2. The van der Waals surface area contributed by atoms with Gasteiger partial charge in [-0.25, -0.2) is 0 Å². The molecule has 7 heteroatoms. The molecule has 2 fully saturated rings. The van der Waals surface area contributed by atoms with Crippen LogP contribution in [0.2, 0.25) is 0 Å². The molecule has 0 spiro atoms. The number of rotatable bonds is 6. The number of aromatic nitrogens is 2. The van der Waals surface area contributed by atoms with E-state index >= 15 is 0 Å². The minimum Gasteiger partial charge on any atom is -0.481 e. The van der Waals surface area contributed by atoms with Crippen LogP contribution in [0.25, 0.3) is 0 Å². The first-order chi connectivity index (χ1) is 11.1. The topological polar surface area (TPSA) is 81.8 Å². The van der Waals surface area contributed by atoms with E-state index < -0.39 is 5.97 Å². The van der Waals surface area contributed by atoms with Crippen molar-refractivity contribution in [3.8, 4) is 0 Å². The van der Waals surface area contributed by atoms with Gasteiger partial charge in [0.1, 0.15) is 0 Å². The van der Waals surface area contributed by atoms with Crippen molar-refractivity contribution < 1.29 is 15.0 Å². The highest BCUT2D eigenvalue weighted by molar-refractivity contribution is 5.66. The summed E-state index contributed by atoms with van der Waals surface area (Å²) in [6, 6.07) is 0.248. The minimum absolute atomic E-state index is 0.0839. The number of carbonyl (C=O) groups is 1. The number of carboxylic acid groups (broad SMARTS) is 1. The fourth-order valence-corrected chi connectivity index (χ4v) is 3.66. The van der Waals surface area contributed by atoms with E-state index in [-0.39, 0.29) is 18.6 Å². The van der Waals surface area contributed by atoms with Crippen molar-refractivity contribution >= 4 is 5.97 Å². The van der Waals surface area contributed by atoms with Crippen molar-refractivity contribution in [2.24, 2.45) is 0 Å². The molecule has 1 aromatic heterocycles. The van der Waals surface area contributed by atoms with Gasteiger partial charge in [0.25, 0.3) is 0 Å². The van der Waals surface area contributed by atoms with Crippen LogP contribution >= 0.6 is 0 Å². The quantitative estimate of drug-likeness (QED) is 0.788. The molecule has 23 heavy (non-hydrogen) atoms. The van der Waals surface area contributed by atoms with E-state index in [2.05, 4.69) is 14.9 Å². The molecule has 7 nitrogen and oxygen atoms in total. The van der Waals surface area contributed by atoms with Crippen molar-refractivity contribution in [3.63, 3.8) is 0 Å². The maximum atomic E-state index is 10.6. The van der Waals surface area contributed by atoms with E-state index in [1.54, 1.807) is 10.9 Å². The number of nitrogens with zero attached hydrogens (tertiary/aromatic N) is 4. The Kier molecular flexibility index (Phi) is 5.30. The van der Waals surface area contributed by atoms with Crippen LogP contribution in [0.1, 0.15) is 31.2 Å². The van der Waals surface area contributed by atoms with Gasteiger partial charge in [-0.05, 0) is 25.9 Å². The van der Waals surface area contributed by atoms with E-state index in [1.165, 1.54) is 19.3 Å². The molecule has 2 aliphatic rings. The molecule has 2 saturated heterocycles. The van der Waals surface area contributed by atoms with E-state index in [9.17, 15) is 9.90 Å². The molecule has 0 aromatic carbocycles. The Morgan fingerprint density at radius 3 is 2.78 bits per heavy atom. The zero-order chi connectivity index (χ0) is 16.2. The number of hydrogen-bond donors (Lipinski definition) is 2. The molecule has 0 bridgehead atoms. The third-order valence-corrected chi connectivity index (χ3v) is 4.84. The minimum atomic E-state index is -0.811. The smallest absolute Gasteiger partial charge is 0.305 e. The van der Waals surface area contributed by atoms with Gasteiger partial charge in [-0.1, -0.05) is 6.42 Å². The van der Waals surface area contributed by atoms with E-state index in [1.807, 2.05) is 6.20 Å². The first kappa shape index (κ1) is 16.4. The molecule has 2 atom stereocenters. The number of aryl methyl sites for hydroxylation is 1. The van der Waals surface area contributed by atoms with E-state index in [0.29, 0.717) is 13.1 Å². The highest BCUT2D eigenvalue weighted by Crippen LogP contribution is 2.22. The third-order valence-electron chi connectivity index (χ3n) is 4.84. The highest BCUT2D eigenvalue weighted by atomic mass is 16.4. The number of aliphatic carboxylic acids is 1. The van der Waals surface area contributed by atoms with Crippen LogP contribution in [0, 0.1) is 0 Å². The summed E-state index contributed by atoms with van der Waals surface area (Å²) in [6.07, 6.45) is 7.28. The van der Waals surface area contributed by atoms with Gasteiger partial charge < -0.3 is 10.2 Å². The number of aliphatic hydroxyl groups excluding tert-OH is 1. The SMILES string of the molecule is O=C(O)CCn1cc(CN2C[C@H](O)[C@@H](N3CCCCC3)C2)cn1. The zero-order valence-electron chi connectivity index (χ0n) is 13.5. The van der Waals surface area contributed by atoms with E-state index in [0.717, 1.165) is 31.7 Å². The number of β-amino-alcohol motifs (C(OH)–C–C–N with tert-alkyl or cyclic N) is 1. The van der Waals surface area contributed by atoms with Crippen molar-refractivity contribution in [2.45, 2.75) is 50.9 Å². The molecule has 0 aliphatic carbocycles. The van der Waals surface area contributed by atoms with Gasteiger partial charge in [0, 0.05) is 37.4 Å². The lowest BCUT2D eigenvalue weighted by Crippen LogP contribution is -2.45. The average Bonchev–Trinajstić information content (AvgIpc) is 3.13.